The summed E-state index contributed by atoms with van der Waals surface area (Å²) in [6.45, 7) is 2.40. The maximum Gasteiger partial charge on any atom is 0.294 e. The van der Waals surface area contributed by atoms with E-state index in [0.29, 0.717) is 0 Å². The summed E-state index contributed by atoms with van der Waals surface area (Å²) in [7, 11) is 0. The Morgan fingerprint density at radius 3 is 1.33 bits per heavy atom. The Balaban J connectivity index is 0. The predicted molar refractivity (Wildman–Crippen MR) is 74.7 cm³/mol. The maximum atomic E-state index is 9.92. The Kier molecular flexibility index (Phi) is 14.1. The maximum absolute atomic E-state index is 9.92. The van der Waals surface area contributed by atoms with E-state index in [-0.39, 0.29) is 39.5 Å². The number of primary amides is 1. The van der Waals surface area contributed by atoms with Gasteiger partial charge in [-0.25, -0.2) is 0 Å². The van der Waals surface area contributed by atoms with E-state index in [1.54, 1.807) is 0 Å². The van der Waals surface area contributed by atoms with Crippen molar-refractivity contribution in [1.29, 1.82) is 0 Å². The zero-order valence-electron chi connectivity index (χ0n) is 12.5. The monoisotopic (exact) mass is 355 g/mol. The molecule has 0 aromatic carbocycles. The highest BCUT2D eigenvalue weighted by Gasteiger charge is 2.08. The fourth-order valence-electron chi connectivity index (χ4n) is 1.07. The Morgan fingerprint density at radius 2 is 1.17 bits per heavy atom. The fourth-order valence-corrected chi connectivity index (χ4v) is 1.07. The summed E-state index contributed by atoms with van der Waals surface area (Å²) in [4.78, 5) is 52.8. The van der Waals surface area contributed by atoms with Gasteiger partial charge in [-0.05, 0) is 6.08 Å². The minimum Gasteiger partial charge on any atom is -0.366 e. The molecule has 0 aromatic heterocycles. The van der Waals surface area contributed by atoms with Crippen molar-refractivity contribution in [3.8, 4) is 0 Å². The molecule has 0 spiro atoms. The molecule has 0 aliphatic carbocycles. The minimum absolute atomic E-state index is 0.0448. The van der Waals surface area contributed by atoms with E-state index in [4.69, 9.17) is 0 Å². The second-order valence-corrected chi connectivity index (χ2v) is 3.62. The first kappa shape index (κ1) is 23.0. The molecular formula is C9H17N5O10. The van der Waals surface area contributed by atoms with Crippen LogP contribution in [0.2, 0.25) is 0 Å². The van der Waals surface area contributed by atoms with E-state index in [1.807, 2.05) is 0 Å². The molecule has 0 saturated heterocycles. The van der Waals surface area contributed by atoms with Gasteiger partial charge in [0.25, 0.3) is 15.3 Å². The van der Waals surface area contributed by atoms with E-state index < -0.39 is 21.2 Å². The molecule has 0 radical (unpaired) electrons. The van der Waals surface area contributed by atoms with E-state index in [0.717, 1.165) is 6.08 Å². The van der Waals surface area contributed by atoms with Crippen LogP contribution in [-0.4, -0.2) is 65.5 Å². The lowest BCUT2D eigenvalue weighted by Crippen LogP contribution is -2.35. The summed E-state index contributed by atoms with van der Waals surface area (Å²) < 4.78 is 0. The average molecular weight is 355 g/mol. The SMILES string of the molecule is C=CC(N)=O.O=[N+]([O-])OCCN(CCO[N+](=O)[O-])CCO[N+](=O)[O-]. The van der Waals surface area contributed by atoms with E-state index in [1.165, 1.54) is 4.90 Å². The number of rotatable bonds is 13. The van der Waals surface area contributed by atoms with Gasteiger partial charge in [0.05, 0.1) is 0 Å². The van der Waals surface area contributed by atoms with E-state index >= 15 is 0 Å². The summed E-state index contributed by atoms with van der Waals surface area (Å²) in [5, 5.41) is 26.8. The Hall–Kier alpha value is -3.23. The van der Waals surface area contributed by atoms with Gasteiger partial charge in [-0.15, -0.1) is 30.3 Å². The largest absolute Gasteiger partial charge is 0.366 e. The van der Waals surface area contributed by atoms with Gasteiger partial charge in [0, 0.05) is 19.6 Å². The van der Waals surface area contributed by atoms with Gasteiger partial charge in [-0.2, -0.15) is 0 Å². The Morgan fingerprint density at radius 1 is 0.917 bits per heavy atom. The molecule has 0 unspecified atom stereocenters. The van der Waals surface area contributed by atoms with Gasteiger partial charge in [0.2, 0.25) is 5.91 Å². The number of hydrogen-bond donors (Lipinski definition) is 1. The normalized spacial score (nSPS) is 9.21. The molecule has 0 aliphatic rings. The molecule has 24 heavy (non-hydrogen) atoms. The highest BCUT2D eigenvalue weighted by Crippen LogP contribution is 1.91. The molecule has 0 aromatic rings. The predicted octanol–water partition coefficient (Wildman–Crippen LogP) is -1.43. The van der Waals surface area contributed by atoms with Crippen LogP contribution >= 0.6 is 0 Å². The summed E-state index contributed by atoms with van der Waals surface area (Å²) in [6, 6.07) is 0. The van der Waals surface area contributed by atoms with Crippen LogP contribution in [0.25, 0.3) is 0 Å². The number of nitrogens with two attached hydrogens (primary N) is 1. The zero-order valence-corrected chi connectivity index (χ0v) is 12.5. The number of carbonyl (C=O) groups excluding carboxylic acids is 1. The molecule has 0 saturated carbocycles. The van der Waals surface area contributed by atoms with Gasteiger partial charge in [-0.3, -0.25) is 9.69 Å². The fraction of sp³-hybridized carbons (Fsp3) is 0.667. The van der Waals surface area contributed by atoms with Crippen LogP contribution in [0.4, 0.5) is 0 Å². The number of amides is 1. The molecule has 0 aliphatic heterocycles. The van der Waals surface area contributed by atoms with Crippen molar-refractivity contribution in [2.75, 3.05) is 39.5 Å². The zero-order chi connectivity index (χ0) is 19.0. The molecule has 138 valence electrons. The third-order valence-electron chi connectivity index (χ3n) is 2.01. The van der Waals surface area contributed by atoms with Crippen molar-refractivity contribution in [2.24, 2.45) is 5.73 Å². The highest BCUT2D eigenvalue weighted by atomic mass is 17.0. The Bertz CT molecular complexity index is 383. The second-order valence-electron chi connectivity index (χ2n) is 3.62. The smallest absolute Gasteiger partial charge is 0.294 e. The molecule has 1 amide bonds. The molecule has 0 heterocycles. The van der Waals surface area contributed by atoms with Crippen molar-refractivity contribution in [3.63, 3.8) is 0 Å². The van der Waals surface area contributed by atoms with Crippen LogP contribution in [-0.2, 0) is 19.3 Å². The summed E-state index contributed by atoms with van der Waals surface area (Å²) >= 11 is 0. The average Bonchev–Trinajstić information content (AvgIpc) is 2.46. The molecule has 0 rings (SSSR count). The molecule has 0 bridgehead atoms. The van der Waals surface area contributed by atoms with Crippen LogP contribution in [0.15, 0.2) is 12.7 Å². The van der Waals surface area contributed by atoms with Crippen molar-refractivity contribution >= 4 is 5.91 Å². The van der Waals surface area contributed by atoms with Gasteiger partial charge in [0.1, 0.15) is 19.8 Å². The second kappa shape index (κ2) is 14.7. The topological polar surface area (TPSA) is 203 Å². The lowest BCUT2D eigenvalue weighted by molar-refractivity contribution is -0.760. The molecule has 2 N–H and O–H groups in total. The third kappa shape index (κ3) is 21.1. The lowest BCUT2D eigenvalue weighted by Gasteiger charge is -2.20. The van der Waals surface area contributed by atoms with Crippen molar-refractivity contribution in [1.82, 2.24) is 4.90 Å². The highest BCUT2D eigenvalue weighted by molar-refractivity contribution is 5.84. The standard InChI is InChI=1S/C6H12N4O9.C3H5NO/c11-8(12)17-4-1-7(2-5-18-9(13)14)3-6-19-10(15)16;1-2-3(4)5/h1-6H2;2H,1H2,(H2,4,5). The Labute approximate surface area is 134 Å². The minimum atomic E-state index is -0.987. The third-order valence-corrected chi connectivity index (χ3v) is 2.01. The van der Waals surface area contributed by atoms with Gasteiger partial charge in [0.15, 0.2) is 0 Å². The van der Waals surface area contributed by atoms with Crippen molar-refractivity contribution < 1.29 is 34.6 Å². The lowest BCUT2D eigenvalue weighted by atomic mass is 10.4. The molecule has 0 atom stereocenters. The van der Waals surface area contributed by atoms with Crippen LogP contribution in [0, 0.1) is 30.3 Å². The van der Waals surface area contributed by atoms with Gasteiger partial charge < -0.3 is 20.2 Å². The van der Waals surface area contributed by atoms with E-state index in [2.05, 4.69) is 26.8 Å². The van der Waals surface area contributed by atoms with Crippen molar-refractivity contribution in [2.45, 2.75) is 0 Å². The van der Waals surface area contributed by atoms with Crippen LogP contribution in [0.5, 0.6) is 0 Å². The summed E-state index contributed by atoms with van der Waals surface area (Å²) in [5.41, 5.74) is 4.53. The van der Waals surface area contributed by atoms with Crippen molar-refractivity contribution in [3.05, 3.63) is 43.0 Å². The number of nitrogens with zero attached hydrogens (tertiary/aromatic N) is 4. The summed E-state index contributed by atoms with van der Waals surface area (Å²) in [6.07, 6.45) is 1.06. The summed E-state index contributed by atoms with van der Waals surface area (Å²) in [5.74, 6) is -0.481. The molecule has 15 heteroatoms. The van der Waals surface area contributed by atoms with Crippen LogP contribution in [0.1, 0.15) is 0 Å². The van der Waals surface area contributed by atoms with Crippen LogP contribution < -0.4 is 5.73 Å². The first-order valence-corrected chi connectivity index (χ1v) is 6.15. The number of carbonyl (C=O) groups is 1. The van der Waals surface area contributed by atoms with Gasteiger partial charge in [-0.1, -0.05) is 6.58 Å². The first-order chi connectivity index (χ1) is 11.2. The molecule has 0 fully saturated rings. The van der Waals surface area contributed by atoms with Gasteiger partial charge >= 0.3 is 0 Å². The molecular weight excluding hydrogens is 338 g/mol. The number of hydrogen-bond acceptors (Lipinski definition) is 11. The molecule has 15 nitrogen and oxygen atoms in total. The quantitative estimate of drug-likeness (QED) is 0.230. The first-order valence-electron chi connectivity index (χ1n) is 6.15. The van der Waals surface area contributed by atoms with E-state index in [9.17, 15) is 35.1 Å². The van der Waals surface area contributed by atoms with Crippen LogP contribution in [0.3, 0.4) is 0 Å².